The number of nitrogens with zero attached hydrogens (tertiary/aromatic N) is 1. The third-order valence-corrected chi connectivity index (χ3v) is 3.40. The van der Waals surface area contributed by atoms with Gasteiger partial charge in [-0.3, -0.25) is 0 Å². The van der Waals surface area contributed by atoms with Crippen LogP contribution in [0.1, 0.15) is 21.6 Å². The molecule has 4 nitrogen and oxygen atoms in total. The third-order valence-electron chi connectivity index (χ3n) is 3.40. The van der Waals surface area contributed by atoms with Gasteiger partial charge in [0.25, 0.3) is 0 Å². The first-order valence-corrected chi connectivity index (χ1v) is 6.25. The van der Waals surface area contributed by atoms with Gasteiger partial charge in [-0.25, -0.2) is 9.78 Å². The summed E-state index contributed by atoms with van der Waals surface area (Å²) in [6, 6.07) is 12.1. The Labute approximate surface area is 111 Å². The molecule has 0 unspecified atom stereocenters. The molecule has 0 spiro atoms. The molecule has 0 fully saturated rings. The Bertz CT molecular complexity index is 600. The summed E-state index contributed by atoms with van der Waals surface area (Å²) < 4.78 is 0. The Morgan fingerprint density at radius 1 is 1.21 bits per heavy atom. The van der Waals surface area contributed by atoms with Crippen molar-refractivity contribution in [1.82, 2.24) is 4.98 Å². The first-order valence-electron chi connectivity index (χ1n) is 6.25. The van der Waals surface area contributed by atoms with E-state index in [2.05, 4.69) is 34.6 Å². The lowest BCUT2D eigenvalue weighted by Gasteiger charge is -2.13. The lowest BCUT2D eigenvalue weighted by Crippen LogP contribution is -2.19. The zero-order valence-electron chi connectivity index (χ0n) is 10.3. The molecule has 0 amide bonds. The first kappa shape index (κ1) is 11.7. The molecular weight excluding hydrogens is 240 g/mol. The highest BCUT2D eigenvalue weighted by Gasteiger charge is 2.20. The molecule has 1 aliphatic rings. The predicted octanol–water partition coefficient (Wildman–Crippen LogP) is 2.36. The smallest absolute Gasteiger partial charge is 0.354 e. The largest absolute Gasteiger partial charge is 0.477 e. The maximum Gasteiger partial charge on any atom is 0.354 e. The number of pyridine rings is 1. The predicted molar refractivity (Wildman–Crippen MR) is 72.5 cm³/mol. The fourth-order valence-electron chi connectivity index (χ4n) is 2.53. The number of nitrogens with one attached hydrogen (secondary N) is 1. The number of aromatic nitrogens is 1. The van der Waals surface area contributed by atoms with E-state index in [9.17, 15) is 4.79 Å². The summed E-state index contributed by atoms with van der Waals surface area (Å²) in [4.78, 5) is 14.7. The van der Waals surface area contributed by atoms with Crippen LogP contribution in [0.25, 0.3) is 0 Å². The van der Waals surface area contributed by atoms with Crippen LogP contribution < -0.4 is 5.32 Å². The maximum absolute atomic E-state index is 10.9. The summed E-state index contributed by atoms with van der Waals surface area (Å²) in [5.41, 5.74) is 3.62. The van der Waals surface area contributed by atoms with Gasteiger partial charge in [-0.05, 0) is 36.1 Å². The minimum atomic E-state index is -1.00. The number of carbonyl (C=O) groups is 1. The van der Waals surface area contributed by atoms with Crippen LogP contribution in [-0.4, -0.2) is 22.1 Å². The Morgan fingerprint density at radius 3 is 2.53 bits per heavy atom. The van der Waals surface area contributed by atoms with Gasteiger partial charge in [-0.2, -0.15) is 0 Å². The van der Waals surface area contributed by atoms with Crippen LogP contribution in [0.4, 0.5) is 5.69 Å². The molecule has 2 aromatic rings. The molecule has 2 N–H and O–H groups in total. The molecule has 0 bridgehead atoms. The van der Waals surface area contributed by atoms with E-state index in [1.165, 1.54) is 17.3 Å². The molecule has 0 atom stereocenters. The van der Waals surface area contributed by atoms with E-state index in [1.807, 2.05) is 0 Å². The molecule has 4 heteroatoms. The monoisotopic (exact) mass is 254 g/mol. The van der Waals surface area contributed by atoms with E-state index in [-0.39, 0.29) is 5.69 Å². The molecule has 1 heterocycles. The summed E-state index contributed by atoms with van der Waals surface area (Å²) >= 11 is 0. The molecule has 1 aromatic heterocycles. The van der Waals surface area contributed by atoms with Gasteiger partial charge in [0.15, 0.2) is 0 Å². The molecule has 96 valence electrons. The van der Waals surface area contributed by atoms with Crippen molar-refractivity contribution in [2.75, 3.05) is 5.32 Å². The quantitative estimate of drug-likeness (QED) is 0.882. The second kappa shape index (κ2) is 4.72. The van der Waals surface area contributed by atoms with Crippen molar-refractivity contribution < 1.29 is 9.90 Å². The van der Waals surface area contributed by atoms with E-state index in [4.69, 9.17) is 5.11 Å². The maximum atomic E-state index is 10.9. The number of carboxylic acid groups (broad SMARTS) is 1. The highest BCUT2D eigenvalue weighted by molar-refractivity contribution is 5.86. The van der Waals surface area contributed by atoms with Crippen molar-refractivity contribution in [3.05, 3.63) is 59.4 Å². The summed E-state index contributed by atoms with van der Waals surface area (Å²) in [6.07, 6.45) is 3.47. The van der Waals surface area contributed by atoms with Crippen LogP contribution in [0, 0.1) is 0 Å². The second-order valence-electron chi connectivity index (χ2n) is 4.75. The summed E-state index contributed by atoms with van der Waals surface area (Å²) in [7, 11) is 0. The lowest BCUT2D eigenvalue weighted by atomic mass is 10.1. The molecular formula is C15H14N2O2. The number of anilines is 1. The van der Waals surface area contributed by atoms with Gasteiger partial charge in [-0.1, -0.05) is 24.3 Å². The van der Waals surface area contributed by atoms with Crippen molar-refractivity contribution >= 4 is 11.7 Å². The van der Waals surface area contributed by atoms with E-state index in [1.54, 1.807) is 12.1 Å². The molecule has 0 saturated heterocycles. The Kier molecular flexibility index (Phi) is 2.91. The fraction of sp³-hybridized carbons (Fsp3) is 0.200. The molecule has 3 rings (SSSR count). The van der Waals surface area contributed by atoms with Crippen LogP contribution in [0.2, 0.25) is 0 Å². The average molecular weight is 254 g/mol. The van der Waals surface area contributed by atoms with Crippen molar-refractivity contribution in [2.24, 2.45) is 0 Å². The van der Waals surface area contributed by atoms with E-state index in [0.717, 1.165) is 18.5 Å². The number of fused-ring (bicyclic) bond motifs is 1. The average Bonchev–Trinajstić information content (AvgIpc) is 2.81. The van der Waals surface area contributed by atoms with Gasteiger partial charge in [0, 0.05) is 17.9 Å². The van der Waals surface area contributed by atoms with Gasteiger partial charge in [0.2, 0.25) is 0 Å². The van der Waals surface area contributed by atoms with E-state index < -0.39 is 5.97 Å². The highest BCUT2D eigenvalue weighted by Crippen LogP contribution is 2.24. The Morgan fingerprint density at radius 2 is 1.89 bits per heavy atom. The van der Waals surface area contributed by atoms with E-state index >= 15 is 0 Å². The summed E-state index contributed by atoms with van der Waals surface area (Å²) in [5, 5.41) is 12.3. The number of hydrogen-bond acceptors (Lipinski definition) is 3. The molecule has 1 aliphatic carbocycles. The SMILES string of the molecule is O=C(O)c1cc(NC2Cc3ccccc3C2)ccn1. The van der Waals surface area contributed by atoms with Crippen molar-refractivity contribution in [2.45, 2.75) is 18.9 Å². The molecule has 0 aliphatic heterocycles. The van der Waals surface area contributed by atoms with E-state index in [0.29, 0.717) is 6.04 Å². The molecule has 19 heavy (non-hydrogen) atoms. The van der Waals surface area contributed by atoms with Crippen molar-refractivity contribution in [3.8, 4) is 0 Å². The van der Waals surface area contributed by atoms with Crippen LogP contribution in [0.15, 0.2) is 42.6 Å². The number of carboxylic acids is 1. The van der Waals surface area contributed by atoms with Gasteiger partial charge in [-0.15, -0.1) is 0 Å². The fourth-order valence-corrected chi connectivity index (χ4v) is 2.53. The second-order valence-corrected chi connectivity index (χ2v) is 4.75. The number of aromatic carboxylic acids is 1. The first-order chi connectivity index (χ1) is 9.22. The topological polar surface area (TPSA) is 62.2 Å². The zero-order chi connectivity index (χ0) is 13.2. The van der Waals surface area contributed by atoms with Gasteiger partial charge in [0.05, 0.1) is 0 Å². The Balaban J connectivity index is 1.74. The normalized spacial score (nSPS) is 14.1. The van der Waals surface area contributed by atoms with Gasteiger partial charge >= 0.3 is 5.97 Å². The van der Waals surface area contributed by atoms with Crippen LogP contribution in [0.3, 0.4) is 0 Å². The standard InChI is InChI=1S/C15H14N2O2/c18-15(19)14-9-12(5-6-16-14)17-13-7-10-3-1-2-4-11(10)8-13/h1-6,9,13H,7-8H2,(H,16,17)(H,18,19). The number of rotatable bonds is 3. The third kappa shape index (κ3) is 2.42. The lowest BCUT2D eigenvalue weighted by molar-refractivity contribution is 0.0690. The Hall–Kier alpha value is -2.36. The summed E-state index contributed by atoms with van der Waals surface area (Å²) in [5.74, 6) is -1.00. The molecule has 1 aromatic carbocycles. The van der Waals surface area contributed by atoms with Crippen LogP contribution in [0.5, 0.6) is 0 Å². The number of benzene rings is 1. The van der Waals surface area contributed by atoms with Crippen molar-refractivity contribution in [3.63, 3.8) is 0 Å². The highest BCUT2D eigenvalue weighted by atomic mass is 16.4. The minimum Gasteiger partial charge on any atom is -0.477 e. The summed E-state index contributed by atoms with van der Waals surface area (Å²) in [6.45, 7) is 0. The molecule has 0 saturated carbocycles. The van der Waals surface area contributed by atoms with Gasteiger partial charge in [0.1, 0.15) is 5.69 Å². The van der Waals surface area contributed by atoms with Crippen molar-refractivity contribution in [1.29, 1.82) is 0 Å². The minimum absolute atomic E-state index is 0.0699. The van der Waals surface area contributed by atoms with Gasteiger partial charge < -0.3 is 10.4 Å². The van der Waals surface area contributed by atoms with Crippen LogP contribution >= 0.6 is 0 Å². The number of hydrogen-bond donors (Lipinski definition) is 2. The molecule has 0 radical (unpaired) electrons. The van der Waals surface area contributed by atoms with Crippen LogP contribution in [-0.2, 0) is 12.8 Å². The zero-order valence-corrected chi connectivity index (χ0v) is 10.3.